The summed E-state index contributed by atoms with van der Waals surface area (Å²) in [7, 11) is 3.19. The first-order chi connectivity index (χ1) is 16.1. The van der Waals surface area contributed by atoms with E-state index in [1.165, 1.54) is 0 Å². The van der Waals surface area contributed by atoms with Gasteiger partial charge in [0.15, 0.2) is 11.5 Å². The number of anilines is 1. The number of ether oxygens (including phenoxy) is 2. The molecule has 1 aliphatic heterocycles. The van der Waals surface area contributed by atoms with Crippen molar-refractivity contribution in [1.82, 2.24) is 15.0 Å². The van der Waals surface area contributed by atoms with Gasteiger partial charge in [-0.15, -0.1) is 0 Å². The number of aryl methyl sites for hydroxylation is 1. The van der Waals surface area contributed by atoms with Gasteiger partial charge in [0.2, 0.25) is 17.6 Å². The van der Waals surface area contributed by atoms with Crippen LogP contribution in [0.1, 0.15) is 31.2 Å². The van der Waals surface area contributed by atoms with Gasteiger partial charge >= 0.3 is 0 Å². The number of benzene rings is 2. The first-order valence-corrected chi connectivity index (χ1v) is 11.3. The van der Waals surface area contributed by atoms with Crippen molar-refractivity contribution in [3.8, 4) is 22.9 Å². The molecule has 0 radical (unpaired) electrons. The van der Waals surface area contributed by atoms with E-state index in [-0.39, 0.29) is 11.8 Å². The second-order valence-electron chi connectivity index (χ2n) is 8.16. The Bertz CT molecular complexity index is 1100. The van der Waals surface area contributed by atoms with E-state index in [0.717, 1.165) is 42.6 Å². The molecule has 0 aliphatic carbocycles. The molecule has 8 nitrogen and oxygen atoms in total. The summed E-state index contributed by atoms with van der Waals surface area (Å²) in [6.07, 6.45) is 2.70. The fourth-order valence-corrected chi connectivity index (χ4v) is 4.20. The number of likely N-dealkylation sites (tertiary alicyclic amines) is 1. The summed E-state index contributed by atoms with van der Waals surface area (Å²) >= 11 is 0. The third kappa shape index (κ3) is 5.34. The molecule has 33 heavy (non-hydrogen) atoms. The highest BCUT2D eigenvalue weighted by Gasteiger charge is 2.27. The lowest BCUT2D eigenvalue weighted by molar-refractivity contribution is -0.121. The van der Waals surface area contributed by atoms with Gasteiger partial charge in [-0.1, -0.05) is 30.3 Å². The molecule has 2 heterocycles. The summed E-state index contributed by atoms with van der Waals surface area (Å²) in [5, 5.41) is 7.25. The molecular weight excluding hydrogens is 420 g/mol. The number of piperidine rings is 1. The molecule has 1 fully saturated rings. The average molecular weight is 451 g/mol. The van der Waals surface area contributed by atoms with E-state index in [1.807, 2.05) is 42.5 Å². The van der Waals surface area contributed by atoms with E-state index in [9.17, 15) is 4.79 Å². The van der Waals surface area contributed by atoms with Gasteiger partial charge in [-0.2, -0.15) is 4.98 Å². The summed E-state index contributed by atoms with van der Waals surface area (Å²) in [6, 6.07) is 13.5. The number of nitrogens with one attached hydrogen (secondary N) is 1. The van der Waals surface area contributed by atoms with Crippen molar-refractivity contribution in [3.63, 3.8) is 0 Å². The van der Waals surface area contributed by atoms with Crippen molar-refractivity contribution in [2.45, 2.75) is 32.7 Å². The van der Waals surface area contributed by atoms with Crippen LogP contribution in [0.2, 0.25) is 0 Å². The van der Waals surface area contributed by atoms with Crippen LogP contribution in [0.3, 0.4) is 0 Å². The third-order valence-electron chi connectivity index (χ3n) is 6.00. The third-order valence-corrected chi connectivity index (χ3v) is 6.00. The van der Waals surface area contributed by atoms with Crippen molar-refractivity contribution in [2.24, 2.45) is 5.92 Å². The minimum atomic E-state index is -0.0723. The van der Waals surface area contributed by atoms with Crippen molar-refractivity contribution in [2.75, 3.05) is 32.6 Å². The SMILES string of the molecule is CCc1ccccc1NC(=O)[C@@H]1CCCN(Cc2nc(-c3ccc(OC)c(OC)c3)no2)C1. The summed E-state index contributed by atoms with van der Waals surface area (Å²) in [4.78, 5) is 19.7. The Morgan fingerprint density at radius 2 is 2.00 bits per heavy atom. The molecule has 2 aromatic carbocycles. The summed E-state index contributed by atoms with van der Waals surface area (Å²) < 4.78 is 16.1. The second-order valence-corrected chi connectivity index (χ2v) is 8.16. The van der Waals surface area contributed by atoms with E-state index < -0.39 is 0 Å². The maximum atomic E-state index is 12.9. The zero-order valence-electron chi connectivity index (χ0n) is 19.3. The largest absolute Gasteiger partial charge is 0.493 e. The Kier molecular flexibility index (Phi) is 7.24. The Morgan fingerprint density at radius 3 is 2.79 bits per heavy atom. The number of hydrogen-bond acceptors (Lipinski definition) is 7. The standard InChI is InChI=1S/C25H30N4O4/c1-4-17-8-5-6-10-20(17)26-25(30)19-9-7-13-29(15-19)16-23-27-24(28-33-23)18-11-12-21(31-2)22(14-18)32-3/h5-6,8,10-12,14,19H,4,7,9,13,15-16H2,1-3H3,(H,26,30)/t19-/m1/s1. The van der Waals surface area contributed by atoms with Gasteiger partial charge in [-0.05, 0) is 55.6 Å². The molecule has 0 saturated carbocycles. The van der Waals surface area contributed by atoms with Crippen LogP contribution in [0, 0.1) is 5.92 Å². The highest BCUT2D eigenvalue weighted by atomic mass is 16.5. The number of amides is 1. The van der Waals surface area contributed by atoms with Gasteiger partial charge in [0.25, 0.3) is 0 Å². The zero-order chi connectivity index (χ0) is 23.2. The number of methoxy groups -OCH3 is 2. The maximum Gasteiger partial charge on any atom is 0.241 e. The molecule has 174 valence electrons. The van der Waals surface area contributed by atoms with Gasteiger partial charge in [-0.25, -0.2) is 0 Å². The molecule has 0 unspecified atom stereocenters. The molecular formula is C25H30N4O4. The Morgan fingerprint density at radius 1 is 1.18 bits per heavy atom. The molecule has 1 saturated heterocycles. The normalized spacial score (nSPS) is 16.4. The summed E-state index contributed by atoms with van der Waals surface area (Å²) in [5.74, 6) is 2.26. The number of nitrogens with zero attached hydrogens (tertiary/aromatic N) is 3. The monoisotopic (exact) mass is 450 g/mol. The number of carbonyl (C=O) groups excluding carboxylic acids is 1. The highest BCUT2D eigenvalue weighted by Crippen LogP contribution is 2.31. The number of rotatable bonds is 8. The lowest BCUT2D eigenvalue weighted by atomic mass is 9.96. The highest BCUT2D eigenvalue weighted by molar-refractivity contribution is 5.93. The Labute approximate surface area is 193 Å². The minimum Gasteiger partial charge on any atom is -0.493 e. The molecule has 1 amide bonds. The van der Waals surface area contributed by atoms with E-state index >= 15 is 0 Å². The predicted octanol–water partition coefficient (Wildman–Crippen LogP) is 4.17. The predicted molar refractivity (Wildman–Crippen MR) is 125 cm³/mol. The molecule has 8 heteroatoms. The lowest BCUT2D eigenvalue weighted by Crippen LogP contribution is -2.40. The number of hydrogen-bond donors (Lipinski definition) is 1. The van der Waals surface area contributed by atoms with Crippen LogP contribution in [0.5, 0.6) is 11.5 Å². The quantitative estimate of drug-likeness (QED) is 0.551. The fraction of sp³-hybridized carbons (Fsp3) is 0.400. The second kappa shape index (κ2) is 10.5. The van der Waals surface area contributed by atoms with Crippen LogP contribution < -0.4 is 14.8 Å². The van der Waals surface area contributed by atoms with Crippen LogP contribution in [0.25, 0.3) is 11.4 Å². The molecule has 0 spiro atoms. The molecule has 1 N–H and O–H groups in total. The van der Waals surface area contributed by atoms with E-state index in [2.05, 4.69) is 27.3 Å². The summed E-state index contributed by atoms with van der Waals surface area (Å²) in [6.45, 7) is 4.15. The number of aromatic nitrogens is 2. The number of carbonyl (C=O) groups is 1. The van der Waals surface area contributed by atoms with Crippen LogP contribution in [0.4, 0.5) is 5.69 Å². The molecule has 3 aromatic rings. The van der Waals surface area contributed by atoms with Gasteiger partial charge in [0.05, 0.1) is 26.7 Å². The topological polar surface area (TPSA) is 89.7 Å². The molecule has 0 bridgehead atoms. The molecule has 1 aliphatic rings. The van der Waals surface area contributed by atoms with Crippen LogP contribution >= 0.6 is 0 Å². The summed E-state index contributed by atoms with van der Waals surface area (Å²) in [5.41, 5.74) is 2.83. The zero-order valence-corrected chi connectivity index (χ0v) is 19.3. The lowest BCUT2D eigenvalue weighted by Gasteiger charge is -2.31. The van der Waals surface area contributed by atoms with Gasteiger partial charge in [-0.3, -0.25) is 9.69 Å². The van der Waals surface area contributed by atoms with Crippen LogP contribution in [-0.2, 0) is 17.8 Å². The van der Waals surface area contributed by atoms with Crippen LogP contribution in [0.15, 0.2) is 47.0 Å². The van der Waals surface area contributed by atoms with Gasteiger partial charge in [0, 0.05) is 17.8 Å². The van der Waals surface area contributed by atoms with Gasteiger partial charge in [0.1, 0.15) is 0 Å². The Hall–Kier alpha value is -3.39. The fourth-order valence-electron chi connectivity index (χ4n) is 4.20. The van der Waals surface area contributed by atoms with E-state index in [0.29, 0.717) is 36.3 Å². The average Bonchev–Trinajstić information content (AvgIpc) is 3.32. The smallest absolute Gasteiger partial charge is 0.241 e. The van der Waals surface area contributed by atoms with Crippen molar-refractivity contribution in [3.05, 3.63) is 53.9 Å². The Balaban J connectivity index is 1.39. The molecule has 1 aromatic heterocycles. The first kappa shape index (κ1) is 22.8. The molecule has 1 atom stereocenters. The van der Waals surface area contributed by atoms with Gasteiger partial charge < -0.3 is 19.3 Å². The van der Waals surface area contributed by atoms with Crippen molar-refractivity contribution < 1.29 is 18.8 Å². The maximum absolute atomic E-state index is 12.9. The van der Waals surface area contributed by atoms with Crippen LogP contribution in [-0.4, -0.2) is 48.3 Å². The van der Waals surface area contributed by atoms with E-state index in [1.54, 1.807) is 14.2 Å². The van der Waals surface area contributed by atoms with Crippen molar-refractivity contribution in [1.29, 1.82) is 0 Å². The van der Waals surface area contributed by atoms with Crippen molar-refractivity contribution >= 4 is 11.6 Å². The minimum absolute atomic E-state index is 0.0668. The first-order valence-electron chi connectivity index (χ1n) is 11.3. The number of para-hydroxylation sites is 1. The van der Waals surface area contributed by atoms with E-state index in [4.69, 9.17) is 14.0 Å². The molecule has 4 rings (SSSR count).